The number of rotatable bonds is 6. The van der Waals surface area contributed by atoms with Crippen molar-refractivity contribution in [3.05, 3.63) is 60.5 Å². The summed E-state index contributed by atoms with van der Waals surface area (Å²) in [6.07, 6.45) is 1.66. The van der Waals surface area contributed by atoms with Gasteiger partial charge in [-0.25, -0.2) is 4.79 Å². The lowest BCUT2D eigenvalue weighted by Crippen LogP contribution is -2.18. The molecule has 0 aliphatic rings. The van der Waals surface area contributed by atoms with Crippen molar-refractivity contribution >= 4 is 28.4 Å². The first-order chi connectivity index (χ1) is 15.1. The summed E-state index contributed by atoms with van der Waals surface area (Å²) in [5.41, 5.74) is 1.27. The predicted octanol–water partition coefficient (Wildman–Crippen LogP) is 4.81. The van der Waals surface area contributed by atoms with Gasteiger partial charge in [0.05, 0.1) is 19.7 Å². The number of carbonyl (C=O) groups excluding carboxylic acids is 1. The van der Waals surface area contributed by atoms with Crippen LogP contribution in [0.3, 0.4) is 0 Å². The van der Waals surface area contributed by atoms with E-state index >= 15 is 0 Å². The molecule has 0 bridgehead atoms. The summed E-state index contributed by atoms with van der Waals surface area (Å²) in [5.74, 6) is 3.16. The first-order valence-electron chi connectivity index (χ1n) is 9.30. The summed E-state index contributed by atoms with van der Waals surface area (Å²) in [5, 5.41) is 10.9. The van der Waals surface area contributed by atoms with E-state index in [-0.39, 0.29) is 5.82 Å². The second-order valence-corrected chi connectivity index (χ2v) is 6.50. The Bertz CT molecular complexity index is 1220. The summed E-state index contributed by atoms with van der Waals surface area (Å²) in [4.78, 5) is 16.4. The number of benzene rings is 2. The number of methoxy groups -OCH3 is 2. The minimum absolute atomic E-state index is 0.214. The van der Waals surface area contributed by atoms with Gasteiger partial charge in [0.1, 0.15) is 17.3 Å². The van der Waals surface area contributed by atoms with Gasteiger partial charge in [0.2, 0.25) is 5.82 Å². The van der Waals surface area contributed by atoms with E-state index in [1.54, 1.807) is 69.8 Å². The number of carbonyl (C=O) groups is 1. The molecule has 9 nitrogen and oxygen atoms in total. The fraction of sp³-hybridized carbons (Fsp3) is 0.136. The van der Waals surface area contributed by atoms with Gasteiger partial charge in [0, 0.05) is 29.4 Å². The standard InChI is InChI=1S/C22H19N4O5/c1-13-10-21(26-31-13)25-22(27)24-14-4-6-15(7-5-14)30-18-8-9-23-17-12-20(29-3)19(28-2)11-16(17)18/h4-12H,1-3H3,(H,24,27). The van der Waals surface area contributed by atoms with Gasteiger partial charge in [-0.15, -0.1) is 0 Å². The summed E-state index contributed by atoms with van der Waals surface area (Å²) in [7, 11) is 3.15. The molecular weight excluding hydrogens is 400 g/mol. The number of fused-ring (bicyclic) bond motifs is 1. The first kappa shape index (κ1) is 20.0. The van der Waals surface area contributed by atoms with Gasteiger partial charge < -0.3 is 24.1 Å². The zero-order valence-electron chi connectivity index (χ0n) is 17.1. The number of amides is 2. The minimum Gasteiger partial charge on any atom is -0.493 e. The third kappa shape index (κ3) is 4.50. The zero-order valence-corrected chi connectivity index (χ0v) is 17.1. The highest BCUT2D eigenvalue weighted by Crippen LogP contribution is 2.36. The lowest BCUT2D eigenvalue weighted by atomic mass is 10.2. The largest absolute Gasteiger partial charge is 0.493 e. The zero-order chi connectivity index (χ0) is 21.8. The predicted molar refractivity (Wildman–Crippen MR) is 113 cm³/mol. The van der Waals surface area contributed by atoms with Crippen molar-refractivity contribution in [3.63, 3.8) is 0 Å². The van der Waals surface area contributed by atoms with E-state index in [2.05, 4.69) is 20.8 Å². The van der Waals surface area contributed by atoms with E-state index < -0.39 is 6.03 Å². The Morgan fingerprint density at radius 1 is 1.00 bits per heavy atom. The van der Waals surface area contributed by atoms with Crippen molar-refractivity contribution < 1.29 is 23.5 Å². The third-order valence-corrected chi connectivity index (χ3v) is 4.37. The molecule has 0 atom stereocenters. The van der Waals surface area contributed by atoms with Crippen LogP contribution in [0.1, 0.15) is 5.76 Å². The van der Waals surface area contributed by atoms with Crippen LogP contribution in [-0.4, -0.2) is 30.4 Å². The van der Waals surface area contributed by atoms with Crippen LogP contribution in [0, 0.1) is 6.92 Å². The molecule has 2 heterocycles. The van der Waals surface area contributed by atoms with E-state index in [0.29, 0.717) is 40.0 Å². The number of ether oxygens (including phenoxy) is 3. The normalized spacial score (nSPS) is 10.5. The Labute approximate surface area is 177 Å². The molecule has 9 heteroatoms. The van der Waals surface area contributed by atoms with Crippen LogP contribution in [-0.2, 0) is 0 Å². The Morgan fingerprint density at radius 2 is 1.74 bits per heavy atom. The van der Waals surface area contributed by atoms with E-state index in [1.165, 1.54) is 0 Å². The molecule has 1 N–H and O–H groups in total. The monoisotopic (exact) mass is 419 g/mol. The second-order valence-electron chi connectivity index (χ2n) is 6.50. The number of urea groups is 1. The second kappa shape index (κ2) is 8.62. The van der Waals surface area contributed by atoms with E-state index in [1.807, 2.05) is 6.07 Å². The van der Waals surface area contributed by atoms with Crippen molar-refractivity contribution in [2.75, 3.05) is 19.5 Å². The first-order valence-corrected chi connectivity index (χ1v) is 9.30. The van der Waals surface area contributed by atoms with Crippen molar-refractivity contribution in [2.45, 2.75) is 6.92 Å². The summed E-state index contributed by atoms with van der Waals surface area (Å²) >= 11 is 0. The molecule has 0 unspecified atom stereocenters. The summed E-state index contributed by atoms with van der Waals surface area (Å²) in [6, 6.07) is 13.3. The van der Waals surface area contributed by atoms with Gasteiger partial charge >= 0.3 is 6.03 Å². The molecular formula is C22H19N4O5. The fourth-order valence-corrected chi connectivity index (χ4v) is 2.93. The van der Waals surface area contributed by atoms with Crippen LogP contribution in [0.25, 0.3) is 10.9 Å². The number of hydrogen-bond acceptors (Lipinski definition) is 7. The SMILES string of the molecule is COc1cc2nccc(Oc3ccc(NC(=O)[N]c4cc(C)on4)cc3)c2cc1OC. The third-order valence-electron chi connectivity index (χ3n) is 4.37. The van der Waals surface area contributed by atoms with Crippen molar-refractivity contribution in [1.82, 2.24) is 15.5 Å². The van der Waals surface area contributed by atoms with Gasteiger partial charge in [-0.3, -0.25) is 4.98 Å². The Hall–Kier alpha value is -4.27. The number of pyridine rings is 1. The fourth-order valence-electron chi connectivity index (χ4n) is 2.93. The van der Waals surface area contributed by atoms with Crippen molar-refractivity contribution in [3.8, 4) is 23.0 Å². The lowest BCUT2D eigenvalue weighted by molar-refractivity contribution is 0.254. The lowest BCUT2D eigenvalue weighted by Gasteiger charge is -2.12. The van der Waals surface area contributed by atoms with E-state index in [0.717, 1.165) is 5.39 Å². The molecule has 0 aliphatic carbocycles. The van der Waals surface area contributed by atoms with Gasteiger partial charge in [0.15, 0.2) is 11.5 Å². The van der Waals surface area contributed by atoms with Crippen LogP contribution in [0.5, 0.6) is 23.0 Å². The molecule has 0 fully saturated rings. The Balaban J connectivity index is 1.48. The Morgan fingerprint density at radius 3 is 2.42 bits per heavy atom. The Kier molecular flexibility index (Phi) is 5.57. The molecule has 4 rings (SSSR count). The van der Waals surface area contributed by atoms with Crippen LogP contribution < -0.4 is 24.8 Å². The molecule has 157 valence electrons. The molecule has 31 heavy (non-hydrogen) atoms. The smallest absolute Gasteiger partial charge is 0.347 e. The number of aryl methyl sites for hydroxylation is 1. The maximum atomic E-state index is 12.0. The highest BCUT2D eigenvalue weighted by molar-refractivity contribution is 5.91. The average molecular weight is 419 g/mol. The van der Waals surface area contributed by atoms with Gasteiger partial charge in [-0.05, 0) is 43.3 Å². The number of anilines is 1. The van der Waals surface area contributed by atoms with Crippen LogP contribution >= 0.6 is 0 Å². The summed E-state index contributed by atoms with van der Waals surface area (Å²) < 4.78 is 21.6. The van der Waals surface area contributed by atoms with Gasteiger partial charge in [-0.1, -0.05) is 5.16 Å². The van der Waals surface area contributed by atoms with Crippen LogP contribution in [0.4, 0.5) is 16.3 Å². The molecule has 1 radical (unpaired) electrons. The number of nitrogens with one attached hydrogen (secondary N) is 1. The van der Waals surface area contributed by atoms with E-state index in [9.17, 15) is 4.79 Å². The van der Waals surface area contributed by atoms with Gasteiger partial charge in [-0.2, -0.15) is 5.32 Å². The molecule has 2 aromatic heterocycles. The highest BCUT2D eigenvalue weighted by atomic mass is 16.5. The van der Waals surface area contributed by atoms with Gasteiger partial charge in [0.25, 0.3) is 0 Å². The number of aromatic nitrogens is 2. The van der Waals surface area contributed by atoms with Crippen LogP contribution in [0.2, 0.25) is 0 Å². The molecule has 4 aromatic rings. The molecule has 2 amide bonds. The minimum atomic E-state index is -0.553. The van der Waals surface area contributed by atoms with Crippen molar-refractivity contribution in [1.29, 1.82) is 0 Å². The van der Waals surface area contributed by atoms with Crippen LogP contribution in [0.15, 0.2) is 59.3 Å². The average Bonchev–Trinajstić information content (AvgIpc) is 3.18. The number of nitrogens with zero attached hydrogens (tertiary/aromatic N) is 3. The topological polar surface area (TPSA) is 110 Å². The molecule has 0 spiro atoms. The quantitative estimate of drug-likeness (QED) is 0.477. The maximum absolute atomic E-state index is 12.0. The maximum Gasteiger partial charge on any atom is 0.347 e. The van der Waals surface area contributed by atoms with E-state index in [4.69, 9.17) is 18.7 Å². The molecule has 0 aliphatic heterocycles. The molecule has 0 saturated heterocycles. The number of hydrogen-bond donors (Lipinski definition) is 1. The summed E-state index contributed by atoms with van der Waals surface area (Å²) in [6.45, 7) is 1.72. The van der Waals surface area contributed by atoms with Crippen molar-refractivity contribution in [2.24, 2.45) is 0 Å². The molecule has 2 aromatic carbocycles. The highest BCUT2D eigenvalue weighted by Gasteiger charge is 2.12. The molecule has 0 saturated carbocycles.